The van der Waals surface area contributed by atoms with E-state index in [9.17, 15) is 13.2 Å². The van der Waals surface area contributed by atoms with Crippen LogP contribution in [0.1, 0.15) is 6.92 Å². The summed E-state index contributed by atoms with van der Waals surface area (Å²) in [6.45, 7) is 1.83. The molecule has 0 fully saturated rings. The summed E-state index contributed by atoms with van der Waals surface area (Å²) in [5, 5.41) is 0. The van der Waals surface area contributed by atoms with Crippen LogP contribution in [0.3, 0.4) is 0 Å². The van der Waals surface area contributed by atoms with E-state index in [0.717, 1.165) is 6.26 Å². The highest BCUT2D eigenvalue weighted by Gasteiger charge is 2.19. The summed E-state index contributed by atoms with van der Waals surface area (Å²) in [5.41, 5.74) is 5.24. The molecule has 0 saturated carbocycles. The van der Waals surface area contributed by atoms with Crippen molar-refractivity contribution >= 4 is 15.8 Å². The zero-order valence-electron chi connectivity index (χ0n) is 7.11. The van der Waals surface area contributed by atoms with E-state index < -0.39 is 21.8 Å². The second kappa shape index (κ2) is 4.42. The summed E-state index contributed by atoms with van der Waals surface area (Å²) in [5.74, 6) is -1.05. The van der Waals surface area contributed by atoms with Gasteiger partial charge in [0, 0.05) is 6.26 Å². The number of carbonyl (C=O) groups is 1. The molecule has 6 heteroatoms. The van der Waals surface area contributed by atoms with E-state index in [1.165, 1.54) is 0 Å². The van der Waals surface area contributed by atoms with Gasteiger partial charge in [0.15, 0.2) is 0 Å². The van der Waals surface area contributed by atoms with Gasteiger partial charge in [-0.2, -0.15) is 0 Å². The predicted molar refractivity (Wildman–Crippen MR) is 44.3 cm³/mol. The number of carbonyl (C=O) groups excluding carboxylic acids is 1. The van der Waals surface area contributed by atoms with Crippen molar-refractivity contribution in [2.45, 2.75) is 13.0 Å². The number of hydrogen-bond acceptors (Lipinski definition) is 5. The Balaban J connectivity index is 4.05. The molecule has 0 bridgehead atoms. The molecule has 0 aromatic carbocycles. The molecule has 0 aromatic heterocycles. The van der Waals surface area contributed by atoms with E-state index in [0.29, 0.717) is 0 Å². The third-order valence-corrected chi connectivity index (χ3v) is 2.04. The molecule has 0 rings (SSSR count). The Hall–Kier alpha value is -0.620. The van der Waals surface area contributed by atoms with Crippen LogP contribution in [0.4, 0.5) is 0 Å². The summed E-state index contributed by atoms with van der Waals surface area (Å²) in [6.07, 6.45) is 1.02. The molecule has 1 atom stereocenters. The van der Waals surface area contributed by atoms with Crippen LogP contribution in [0.2, 0.25) is 0 Å². The maximum absolute atomic E-state index is 10.8. The van der Waals surface area contributed by atoms with Gasteiger partial charge < -0.3 is 10.5 Å². The van der Waals surface area contributed by atoms with E-state index >= 15 is 0 Å². The molecule has 0 aliphatic heterocycles. The van der Waals surface area contributed by atoms with Crippen molar-refractivity contribution in [3.8, 4) is 0 Å². The van der Waals surface area contributed by atoms with E-state index in [1.807, 2.05) is 0 Å². The Morgan fingerprint density at radius 1 is 1.58 bits per heavy atom. The lowest BCUT2D eigenvalue weighted by molar-refractivity contribution is -0.144. The van der Waals surface area contributed by atoms with E-state index in [1.54, 1.807) is 6.92 Å². The average molecular weight is 195 g/mol. The van der Waals surface area contributed by atoms with Gasteiger partial charge in [0.2, 0.25) is 0 Å². The SMILES string of the molecule is CCOC(=O)[C@@H](N)CS(C)(=O)=O. The average Bonchev–Trinajstić information content (AvgIpc) is 1.84. The van der Waals surface area contributed by atoms with Crippen molar-refractivity contribution in [2.24, 2.45) is 5.73 Å². The fourth-order valence-electron chi connectivity index (χ4n) is 0.644. The molecule has 5 nitrogen and oxygen atoms in total. The van der Waals surface area contributed by atoms with Crippen molar-refractivity contribution in [2.75, 3.05) is 18.6 Å². The largest absolute Gasteiger partial charge is 0.465 e. The number of nitrogens with two attached hydrogens (primary N) is 1. The summed E-state index contributed by atoms with van der Waals surface area (Å²) in [4.78, 5) is 10.8. The topological polar surface area (TPSA) is 86.5 Å². The van der Waals surface area contributed by atoms with Crippen molar-refractivity contribution in [3.63, 3.8) is 0 Å². The van der Waals surface area contributed by atoms with Gasteiger partial charge in [0.1, 0.15) is 15.9 Å². The summed E-state index contributed by atoms with van der Waals surface area (Å²) >= 11 is 0. The van der Waals surface area contributed by atoms with Crippen molar-refractivity contribution in [1.82, 2.24) is 0 Å². The van der Waals surface area contributed by atoms with Gasteiger partial charge in [-0.3, -0.25) is 4.79 Å². The van der Waals surface area contributed by atoms with Crippen LogP contribution in [0.5, 0.6) is 0 Å². The van der Waals surface area contributed by atoms with Crippen molar-refractivity contribution < 1.29 is 17.9 Å². The molecular weight excluding hydrogens is 182 g/mol. The first-order valence-corrected chi connectivity index (χ1v) is 5.53. The molecule has 2 N–H and O–H groups in total. The molecule has 0 unspecified atom stereocenters. The minimum atomic E-state index is -3.21. The van der Waals surface area contributed by atoms with E-state index in [-0.39, 0.29) is 12.4 Å². The van der Waals surface area contributed by atoms with Gasteiger partial charge in [-0.25, -0.2) is 8.42 Å². The first-order valence-electron chi connectivity index (χ1n) is 3.46. The zero-order chi connectivity index (χ0) is 9.78. The van der Waals surface area contributed by atoms with Gasteiger partial charge >= 0.3 is 5.97 Å². The molecule has 0 saturated heterocycles. The number of esters is 1. The quantitative estimate of drug-likeness (QED) is 0.577. The molecular formula is C6H13NO4S. The number of hydrogen-bond donors (Lipinski definition) is 1. The maximum atomic E-state index is 10.8. The third kappa shape index (κ3) is 5.09. The monoisotopic (exact) mass is 195 g/mol. The van der Waals surface area contributed by atoms with E-state index in [2.05, 4.69) is 4.74 Å². The summed E-state index contributed by atoms with van der Waals surface area (Å²) < 4.78 is 25.8. The van der Waals surface area contributed by atoms with E-state index in [4.69, 9.17) is 5.73 Å². The molecule has 12 heavy (non-hydrogen) atoms. The van der Waals surface area contributed by atoms with Gasteiger partial charge in [-0.1, -0.05) is 0 Å². The molecule has 0 spiro atoms. The molecule has 0 aliphatic rings. The van der Waals surface area contributed by atoms with Crippen molar-refractivity contribution in [3.05, 3.63) is 0 Å². The first-order chi connectivity index (χ1) is 5.37. The lowest BCUT2D eigenvalue weighted by Gasteiger charge is -2.08. The number of sulfone groups is 1. The minimum absolute atomic E-state index is 0.205. The highest BCUT2D eigenvalue weighted by atomic mass is 32.2. The fraction of sp³-hybridized carbons (Fsp3) is 0.833. The minimum Gasteiger partial charge on any atom is -0.465 e. The van der Waals surface area contributed by atoms with Crippen LogP contribution in [0, 0.1) is 0 Å². The Morgan fingerprint density at radius 2 is 2.08 bits per heavy atom. The first kappa shape index (κ1) is 11.4. The van der Waals surface area contributed by atoms with Gasteiger partial charge in [0.05, 0.1) is 12.4 Å². The predicted octanol–water partition coefficient (Wildman–Crippen LogP) is -1.08. The van der Waals surface area contributed by atoms with Crippen LogP contribution in [0.25, 0.3) is 0 Å². The second-order valence-corrected chi connectivity index (χ2v) is 4.64. The fourth-order valence-corrected chi connectivity index (χ4v) is 1.43. The Labute approximate surface area is 71.8 Å². The maximum Gasteiger partial charge on any atom is 0.323 e. The van der Waals surface area contributed by atoms with Gasteiger partial charge in [-0.15, -0.1) is 0 Å². The number of ether oxygens (including phenoxy) is 1. The lowest BCUT2D eigenvalue weighted by atomic mass is 10.4. The second-order valence-electron chi connectivity index (χ2n) is 2.45. The third-order valence-electron chi connectivity index (χ3n) is 1.07. The van der Waals surface area contributed by atoms with Crippen LogP contribution in [0.15, 0.2) is 0 Å². The molecule has 0 aliphatic carbocycles. The standard InChI is InChI=1S/C6H13NO4S/c1-3-11-6(8)5(7)4-12(2,9)10/h5H,3-4,7H2,1-2H3/t5-/m0/s1. The Bertz CT molecular complexity index is 246. The smallest absolute Gasteiger partial charge is 0.323 e. The molecule has 0 heterocycles. The zero-order valence-corrected chi connectivity index (χ0v) is 7.93. The van der Waals surface area contributed by atoms with Gasteiger partial charge in [0.25, 0.3) is 0 Å². The lowest BCUT2D eigenvalue weighted by Crippen LogP contribution is -2.38. The number of rotatable bonds is 4. The molecule has 0 amide bonds. The van der Waals surface area contributed by atoms with Crippen molar-refractivity contribution in [1.29, 1.82) is 0 Å². The Morgan fingerprint density at radius 3 is 2.42 bits per heavy atom. The summed E-state index contributed by atoms with van der Waals surface area (Å²) in [6, 6.07) is -1.07. The van der Waals surface area contributed by atoms with Crippen LogP contribution >= 0.6 is 0 Å². The van der Waals surface area contributed by atoms with Crippen LogP contribution in [-0.2, 0) is 19.4 Å². The molecule has 0 radical (unpaired) electrons. The van der Waals surface area contributed by atoms with Crippen LogP contribution < -0.4 is 5.73 Å². The highest BCUT2D eigenvalue weighted by Crippen LogP contribution is 1.91. The molecule has 72 valence electrons. The normalized spacial score (nSPS) is 13.9. The van der Waals surface area contributed by atoms with Crippen LogP contribution in [-0.4, -0.2) is 39.0 Å². The highest BCUT2D eigenvalue weighted by molar-refractivity contribution is 7.90. The molecule has 0 aromatic rings. The van der Waals surface area contributed by atoms with Gasteiger partial charge in [-0.05, 0) is 6.92 Å². The summed E-state index contributed by atoms with van der Waals surface area (Å²) in [7, 11) is -3.21. The Kier molecular flexibility index (Phi) is 4.19.